The maximum absolute atomic E-state index is 14.9. The first kappa shape index (κ1) is 24.0. The number of carbonyl (C=O) groups excluding carboxylic acids is 1. The molecule has 34 heavy (non-hydrogen) atoms. The number of nitrogens with one attached hydrogen (secondary N) is 2. The van der Waals surface area contributed by atoms with Crippen LogP contribution in [0.3, 0.4) is 0 Å². The first-order valence-corrected chi connectivity index (χ1v) is 12.3. The summed E-state index contributed by atoms with van der Waals surface area (Å²) in [5, 5.41) is 13.0. The van der Waals surface area contributed by atoms with Crippen LogP contribution in [0.5, 0.6) is 11.5 Å². The number of sulfonamides is 1. The van der Waals surface area contributed by atoms with Gasteiger partial charge in [-0.1, -0.05) is 11.6 Å². The van der Waals surface area contributed by atoms with Crippen LogP contribution in [0.1, 0.15) is 22.8 Å². The van der Waals surface area contributed by atoms with E-state index in [0.717, 1.165) is 17.7 Å². The number of anilines is 1. The topological polar surface area (TPSA) is 105 Å². The Kier molecular flexibility index (Phi) is 6.26. The molecule has 1 aliphatic heterocycles. The van der Waals surface area contributed by atoms with E-state index in [0.29, 0.717) is 6.07 Å². The molecule has 0 unspecified atom stereocenters. The Labute approximate surface area is 202 Å². The summed E-state index contributed by atoms with van der Waals surface area (Å²) >= 11 is 3.04. The number of ether oxygens (including phenoxy) is 1. The highest BCUT2D eigenvalue weighted by Crippen LogP contribution is 2.38. The van der Waals surface area contributed by atoms with Crippen molar-refractivity contribution in [2.24, 2.45) is 0 Å². The van der Waals surface area contributed by atoms with E-state index in [1.165, 1.54) is 6.07 Å². The molecule has 3 aromatic carbocycles. The second-order valence-corrected chi connectivity index (χ2v) is 10.4. The fourth-order valence-corrected chi connectivity index (χ4v) is 5.29. The summed E-state index contributed by atoms with van der Waals surface area (Å²) in [7, 11) is -4.59. The van der Waals surface area contributed by atoms with Crippen LogP contribution >= 0.6 is 15.9 Å². The Morgan fingerprint density at radius 2 is 1.82 bits per heavy atom. The Balaban J connectivity index is 1.97. The van der Waals surface area contributed by atoms with E-state index in [-0.39, 0.29) is 33.5 Å². The summed E-state index contributed by atoms with van der Waals surface area (Å²) in [4.78, 5) is 12.0. The minimum absolute atomic E-state index is 0.0438. The van der Waals surface area contributed by atoms with Gasteiger partial charge in [-0.05, 0) is 60.1 Å². The molecule has 0 radical (unpaired) electrons. The van der Waals surface area contributed by atoms with Crippen LogP contribution in [-0.4, -0.2) is 32.1 Å². The van der Waals surface area contributed by atoms with Crippen molar-refractivity contribution >= 4 is 37.5 Å². The monoisotopic (exact) mass is 552 g/mol. The lowest BCUT2D eigenvalue weighted by atomic mass is 10.0. The lowest BCUT2D eigenvalue weighted by Crippen LogP contribution is -2.33. The van der Waals surface area contributed by atoms with Crippen molar-refractivity contribution in [3.63, 3.8) is 0 Å². The normalized spacial score (nSPS) is 17.3. The third-order valence-electron chi connectivity index (χ3n) is 5.18. The van der Waals surface area contributed by atoms with Gasteiger partial charge in [-0.3, -0.25) is 9.52 Å². The Bertz CT molecular complexity index is 1430. The van der Waals surface area contributed by atoms with Crippen LogP contribution < -0.4 is 14.8 Å². The van der Waals surface area contributed by atoms with Crippen molar-refractivity contribution in [1.82, 2.24) is 5.32 Å². The first-order chi connectivity index (χ1) is 16.0. The fourth-order valence-electron chi connectivity index (χ4n) is 3.50. The molecule has 0 spiro atoms. The Morgan fingerprint density at radius 3 is 2.56 bits per heavy atom. The molecule has 4 rings (SSSR count). The van der Waals surface area contributed by atoms with E-state index in [2.05, 4.69) is 21.2 Å². The number of carbonyl (C=O) groups is 1. The van der Waals surface area contributed by atoms with Crippen LogP contribution in [-0.2, 0) is 10.0 Å². The summed E-state index contributed by atoms with van der Waals surface area (Å²) < 4.78 is 63.6. The molecule has 0 saturated carbocycles. The van der Waals surface area contributed by atoms with Gasteiger partial charge in [-0.25, -0.2) is 17.2 Å². The van der Waals surface area contributed by atoms with Gasteiger partial charge in [0.05, 0.1) is 16.7 Å². The van der Waals surface area contributed by atoms with Crippen LogP contribution in [0.2, 0.25) is 0 Å². The van der Waals surface area contributed by atoms with Gasteiger partial charge in [0.2, 0.25) is 0 Å². The lowest BCUT2D eigenvalue weighted by Gasteiger charge is -2.19. The van der Waals surface area contributed by atoms with Gasteiger partial charge in [0.1, 0.15) is 34.1 Å². The molecule has 0 saturated heterocycles. The number of aromatic hydroxyl groups is 1. The Morgan fingerprint density at radius 1 is 1.09 bits per heavy atom. The van der Waals surface area contributed by atoms with Crippen LogP contribution in [0, 0.1) is 18.6 Å². The van der Waals surface area contributed by atoms with E-state index in [4.69, 9.17) is 4.74 Å². The largest absolute Gasteiger partial charge is 0.505 e. The van der Waals surface area contributed by atoms with Crippen molar-refractivity contribution < 1.29 is 31.8 Å². The van der Waals surface area contributed by atoms with Crippen molar-refractivity contribution in [2.45, 2.75) is 24.8 Å². The van der Waals surface area contributed by atoms with E-state index >= 15 is 0 Å². The molecule has 178 valence electrons. The predicted octanol–water partition coefficient (Wildman–Crippen LogP) is 4.72. The molecule has 11 heteroatoms. The van der Waals surface area contributed by atoms with E-state index in [1.54, 1.807) is 32.0 Å². The smallest absolute Gasteiger partial charge is 0.265 e. The second kappa shape index (κ2) is 8.88. The number of fused-ring (bicyclic) bond motifs is 6. The molecule has 1 aliphatic rings. The number of rotatable bonds is 0. The highest BCUT2D eigenvalue weighted by atomic mass is 79.9. The summed E-state index contributed by atoms with van der Waals surface area (Å²) in [6.07, 6.45) is -0.555. The zero-order valence-corrected chi connectivity index (χ0v) is 20.4. The van der Waals surface area contributed by atoms with Gasteiger partial charge >= 0.3 is 0 Å². The van der Waals surface area contributed by atoms with Crippen molar-refractivity contribution in [2.75, 3.05) is 11.3 Å². The minimum atomic E-state index is -4.59. The molecular formula is C23H19BrF2N2O5S. The summed E-state index contributed by atoms with van der Waals surface area (Å²) in [5.41, 5.74) is 0.332. The van der Waals surface area contributed by atoms with Crippen molar-refractivity contribution in [3.05, 3.63) is 69.7 Å². The molecule has 4 bridgehead atoms. The zero-order chi connectivity index (χ0) is 24.8. The number of amides is 1. The van der Waals surface area contributed by atoms with Gasteiger partial charge in [0.15, 0.2) is 0 Å². The third kappa shape index (κ3) is 4.58. The zero-order valence-electron chi connectivity index (χ0n) is 17.9. The van der Waals surface area contributed by atoms with Crippen molar-refractivity contribution in [3.8, 4) is 22.6 Å². The Hall–Kier alpha value is -3.18. The molecule has 1 heterocycles. The fraction of sp³-hybridized carbons (Fsp3) is 0.174. The maximum atomic E-state index is 14.9. The SMILES string of the molecule is Cc1ccc2c(c1)-c1cc(c(F)cc1F)NS(=O)(=O)c1cc(cc(Br)c1O)C(=O)NC[C@H](C)O2. The molecule has 7 nitrogen and oxygen atoms in total. The number of aryl methyl sites for hydroxylation is 1. The van der Waals surface area contributed by atoms with Gasteiger partial charge in [0, 0.05) is 22.8 Å². The molecule has 3 N–H and O–H groups in total. The first-order valence-electron chi connectivity index (χ1n) is 10.1. The number of benzene rings is 3. The van der Waals surface area contributed by atoms with Gasteiger partial charge < -0.3 is 15.2 Å². The number of hydrogen-bond donors (Lipinski definition) is 3. The molecule has 1 atom stereocenters. The average molecular weight is 553 g/mol. The van der Waals surface area contributed by atoms with Gasteiger partial charge in [0.25, 0.3) is 15.9 Å². The molecule has 0 fully saturated rings. The molecule has 3 aromatic rings. The third-order valence-corrected chi connectivity index (χ3v) is 7.17. The number of phenols is 1. The number of hydrogen-bond acceptors (Lipinski definition) is 5. The minimum Gasteiger partial charge on any atom is -0.505 e. The highest BCUT2D eigenvalue weighted by molar-refractivity contribution is 9.10. The molecular weight excluding hydrogens is 534 g/mol. The summed E-state index contributed by atoms with van der Waals surface area (Å²) in [5.74, 6) is -3.11. The lowest BCUT2D eigenvalue weighted by molar-refractivity contribution is 0.0932. The average Bonchev–Trinajstić information content (AvgIpc) is 2.76. The van der Waals surface area contributed by atoms with E-state index < -0.39 is 50.0 Å². The molecule has 1 amide bonds. The summed E-state index contributed by atoms with van der Waals surface area (Å²) in [6, 6.07) is 8.79. The second-order valence-electron chi connectivity index (χ2n) is 7.86. The van der Waals surface area contributed by atoms with Gasteiger partial charge in [-0.2, -0.15) is 0 Å². The predicted molar refractivity (Wildman–Crippen MR) is 126 cm³/mol. The number of halogens is 3. The highest BCUT2D eigenvalue weighted by Gasteiger charge is 2.26. The van der Waals surface area contributed by atoms with E-state index in [1.807, 2.05) is 4.72 Å². The van der Waals surface area contributed by atoms with Gasteiger partial charge in [-0.15, -0.1) is 0 Å². The van der Waals surface area contributed by atoms with Crippen molar-refractivity contribution in [1.29, 1.82) is 0 Å². The molecule has 0 aromatic heterocycles. The standard InChI is InChI=1S/C23H19BrF2N2O5S/c1-11-3-4-20-15(5-11)14-8-19(18(26)9-17(14)25)28-34(31,32)21-7-13(6-16(24)22(21)29)23(30)27-10-12(2)33-20/h3-9,12,28-29H,10H2,1-2H3,(H,27,30)/t12-/m0/s1. The quantitative estimate of drug-likeness (QED) is 0.374. The molecule has 0 aliphatic carbocycles. The number of phenolic OH excluding ortho intramolecular Hbond substituents is 1. The maximum Gasteiger partial charge on any atom is 0.265 e. The van der Waals surface area contributed by atoms with Crippen LogP contribution in [0.4, 0.5) is 14.5 Å². The van der Waals surface area contributed by atoms with Crippen LogP contribution in [0.25, 0.3) is 11.1 Å². The van der Waals surface area contributed by atoms with E-state index in [9.17, 15) is 27.1 Å². The summed E-state index contributed by atoms with van der Waals surface area (Å²) in [6.45, 7) is 3.51. The van der Waals surface area contributed by atoms with Crippen LogP contribution in [0.15, 0.2) is 51.8 Å².